The number of aliphatic carboxylic acids is 1. The molecule has 0 amide bonds. The summed E-state index contributed by atoms with van der Waals surface area (Å²) in [6.45, 7) is 2.49. The van der Waals surface area contributed by atoms with E-state index >= 15 is 0 Å². The summed E-state index contributed by atoms with van der Waals surface area (Å²) in [5, 5.41) is 10.2. The molecule has 146 valence electrons. The van der Waals surface area contributed by atoms with Gasteiger partial charge in [-0.05, 0) is 55.0 Å². The predicted molar refractivity (Wildman–Crippen MR) is 111 cm³/mol. The number of rotatable bonds is 8. The van der Waals surface area contributed by atoms with Crippen LogP contribution >= 0.6 is 23.2 Å². The first kappa shape index (κ1) is 21.8. The van der Waals surface area contributed by atoms with Crippen LogP contribution in [0.2, 0.25) is 10.0 Å². The molecule has 0 aliphatic heterocycles. The molecule has 0 radical (unpaired) electrons. The van der Waals surface area contributed by atoms with Gasteiger partial charge in [0.1, 0.15) is 12.4 Å². The Morgan fingerprint density at radius 2 is 1.86 bits per heavy atom. The van der Waals surface area contributed by atoms with Crippen LogP contribution in [0.25, 0.3) is 0 Å². The Kier molecular flexibility index (Phi) is 8.90. The van der Waals surface area contributed by atoms with E-state index in [-0.39, 0.29) is 0 Å². The number of halogens is 2. The molecule has 2 rings (SSSR count). The highest BCUT2D eigenvalue weighted by Crippen LogP contribution is 2.18. The summed E-state index contributed by atoms with van der Waals surface area (Å²) in [6, 6.07) is 12.4. The molecule has 0 bridgehead atoms. The summed E-state index contributed by atoms with van der Waals surface area (Å²) in [7, 11) is 0. The average molecular weight is 419 g/mol. The summed E-state index contributed by atoms with van der Waals surface area (Å²) < 4.78 is 10.8. The Labute approximate surface area is 174 Å². The SMILES string of the molecule is CCOC(Cc1ccc(OCC=CC#Cc2cc(Cl)cc(Cl)c2)cc1)C(=O)O. The van der Waals surface area contributed by atoms with Crippen molar-refractivity contribution in [1.29, 1.82) is 0 Å². The molecule has 1 atom stereocenters. The van der Waals surface area contributed by atoms with Gasteiger partial charge in [-0.25, -0.2) is 4.79 Å². The monoisotopic (exact) mass is 418 g/mol. The predicted octanol–water partition coefficient (Wildman–Crippen LogP) is 5.01. The number of benzene rings is 2. The summed E-state index contributed by atoms with van der Waals surface area (Å²) in [4.78, 5) is 11.1. The van der Waals surface area contributed by atoms with Crippen LogP contribution in [-0.4, -0.2) is 30.4 Å². The number of ether oxygens (including phenoxy) is 2. The van der Waals surface area contributed by atoms with Gasteiger partial charge in [-0.15, -0.1) is 0 Å². The minimum absolute atomic E-state index is 0.312. The van der Waals surface area contributed by atoms with Crippen molar-refractivity contribution in [1.82, 2.24) is 0 Å². The third-order valence-corrected chi connectivity index (χ3v) is 4.05. The Balaban J connectivity index is 1.82. The Morgan fingerprint density at radius 1 is 1.18 bits per heavy atom. The highest BCUT2D eigenvalue weighted by molar-refractivity contribution is 6.34. The van der Waals surface area contributed by atoms with E-state index in [1.807, 2.05) is 12.1 Å². The maximum atomic E-state index is 11.1. The lowest BCUT2D eigenvalue weighted by molar-refractivity contribution is -0.149. The standard InChI is InChI=1S/C22H20Cl2O4/c1-2-27-21(22(25)26)14-16-7-9-20(10-8-16)28-11-5-3-4-6-17-12-18(23)15-19(24)13-17/h3,5,7-10,12-13,15,21H,2,11,14H2,1H3,(H,25,26). The van der Waals surface area contributed by atoms with Crippen molar-refractivity contribution in [3.05, 3.63) is 75.8 Å². The van der Waals surface area contributed by atoms with Crippen molar-refractivity contribution in [2.75, 3.05) is 13.2 Å². The average Bonchev–Trinajstić information content (AvgIpc) is 2.64. The summed E-state index contributed by atoms with van der Waals surface area (Å²) >= 11 is 11.8. The lowest BCUT2D eigenvalue weighted by atomic mass is 10.1. The van der Waals surface area contributed by atoms with Gasteiger partial charge in [0.25, 0.3) is 0 Å². The molecule has 0 aromatic heterocycles. The van der Waals surface area contributed by atoms with Gasteiger partial charge in [0.2, 0.25) is 0 Å². The molecular formula is C22H20Cl2O4. The zero-order valence-corrected chi connectivity index (χ0v) is 16.8. The summed E-state index contributed by atoms with van der Waals surface area (Å²) in [6.07, 6.45) is 2.96. The van der Waals surface area contributed by atoms with Crippen molar-refractivity contribution in [3.8, 4) is 17.6 Å². The van der Waals surface area contributed by atoms with Crippen molar-refractivity contribution >= 4 is 29.2 Å². The van der Waals surface area contributed by atoms with Gasteiger partial charge in [-0.3, -0.25) is 0 Å². The van der Waals surface area contributed by atoms with Crippen molar-refractivity contribution in [2.45, 2.75) is 19.4 Å². The van der Waals surface area contributed by atoms with Crippen molar-refractivity contribution < 1.29 is 19.4 Å². The van der Waals surface area contributed by atoms with E-state index in [1.54, 1.807) is 49.4 Å². The maximum Gasteiger partial charge on any atom is 0.333 e. The normalized spacial score (nSPS) is 11.7. The number of carboxylic acids is 1. The summed E-state index contributed by atoms with van der Waals surface area (Å²) in [5.41, 5.74) is 1.61. The second-order valence-electron chi connectivity index (χ2n) is 5.77. The molecule has 2 aromatic carbocycles. The number of hydrogen-bond donors (Lipinski definition) is 1. The van der Waals surface area contributed by atoms with E-state index in [1.165, 1.54) is 0 Å². The van der Waals surface area contributed by atoms with Crippen LogP contribution < -0.4 is 4.74 Å². The minimum atomic E-state index is -0.964. The molecule has 1 N–H and O–H groups in total. The minimum Gasteiger partial charge on any atom is -0.490 e. The highest BCUT2D eigenvalue weighted by atomic mass is 35.5. The number of hydrogen-bond acceptors (Lipinski definition) is 3. The van der Waals surface area contributed by atoms with E-state index < -0.39 is 12.1 Å². The fraction of sp³-hybridized carbons (Fsp3) is 0.227. The van der Waals surface area contributed by atoms with Gasteiger partial charge < -0.3 is 14.6 Å². The van der Waals surface area contributed by atoms with Gasteiger partial charge in [-0.1, -0.05) is 47.2 Å². The van der Waals surface area contributed by atoms with Gasteiger partial charge in [0, 0.05) is 28.6 Å². The Bertz CT molecular complexity index is 859. The topological polar surface area (TPSA) is 55.8 Å². The molecule has 0 aliphatic carbocycles. The second kappa shape index (κ2) is 11.4. The van der Waals surface area contributed by atoms with E-state index in [2.05, 4.69) is 11.8 Å². The molecule has 28 heavy (non-hydrogen) atoms. The van der Waals surface area contributed by atoms with Gasteiger partial charge in [0.05, 0.1) is 0 Å². The summed E-state index contributed by atoms with van der Waals surface area (Å²) in [5.74, 6) is 5.57. The van der Waals surface area contributed by atoms with Crippen molar-refractivity contribution in [3.63, 3.8) is 0 Å². The van der Waals surface area contributed by atoms with Crippen LogP contribution in [0.1, 0.15) is 18.1 Å². The molecule has 0 saturated carbocycles. The maximum absolute atomic E-state index is 11.1. The van der Waals surface area contributed by atoms with Crippen LogP contribution in [0.15, 0.2) is 54.6 Å². The van der Waals surface area contributed by atoms with Gasteiger partial charge in [0.15, 0.2) is 6.10 Å². The van der Waals surface area contributed by atoms with Gasteiger partial charge >= 0.3 is 5.97 Å². The lowest BCUT2D eigenvalue weighted by Gasteiger charge is -2.12. The molecule has 2 aromatic rings. The molecule has 0 heterocycles. The van der Waals surface area contributed by atoms with E-state index in [9.17, 15) is 4.79 Å². The molecule has 0 saturated heterocycles. The zero-order valence-electron chi connectivity index (χ0n) is 15.3. The quantitative estimate of drug-likeness (QED) is 0.611. The molecule has 1 unspecified atom stereocenters. The third-order valence-electron chi connectivity index (χ3n) is 3.61. The van der Waals surface area contributed by atoms with Crippen molar-refractivity contribution in [2.24, 2.45) is 0 Å². The Hall–Kier alpha value is -2.45. The van der Waals surface area contributed by atoms with Crippen LogP contribution in [0.3, 0.4) is 0 Å². The zero-order chi connectivity index (χ0) is 20.4. The first-order valence-corrected chi connectivity index (χ1v) is 9.42. The van der Waals surface area contributed by atoms with Gasteiger partial charge in [-0.2, -0.15) is 0 Å². The molecular weight excluding hydrogens is 399 g/mol. The number of carboxylic acid groups (broad SMARTS) is 1. The third kappa shape index (κ3) is 7.66. The molecule has 0 spiro atoms. The first-order chi connectivity index (χ1) is 13.5. The fourth-order valence-corrected chi connectivity index (χ4v) is 2.88. The fourth-order valence-electron chi connectivity index (χ4n) is 2.36. The van der Waals surface area contributed by atoms with Crippen LogP contribution in [0.5, 0.6) is 5.75 Å². The largest absolute Gasteiger partial charge is 0.490 e. The smallest absolute Gasteiger partial charge is 0.333 e. The van der Waals surface area contributed by atoms with E-state index in [4.69, 9.17) is 37.8 Å². The molecule has 4 nitrogen and oxygen atoms in total. The molecule has 0 fully saturated rings. The first-order valence-electron chi connectivity index (χ1n) is 8.66. The van der Waals surface area contributed by atoms with Crippen LogP contribution in [0.4, 0.5) is 0 Å². The lowest BCUT2D eigenvalue weighted by Crippen LogP contribution is -2.26. The van der Waals surface area contributed by atoms with Crippen LogP contribution in [-0.2, 0) is 16.0 Å². The number of allylic oxidation sites excluding steroid dienone is 1. The highest BCUT2D eigenvalue weighted by Gasteiger charge is 2.17. The molecule has 0 aliphatic rings. The Morgan fingerprint density at radius 3 is 2.46 bits per heavy atom. The molecule has 6 heteroatoms. The van der Waals surface area contributed by atoms with Crippen LogP contribution in [0, 0.1) is 11.8 Å². The van der Waals surface area contributed by atoms with E-state index in [0.717, 1.165) is 11.1 Å². The second-order valence-corrected chi connectivity index (χ2v) is 6.64. The van der Waals surface area contributed by atoms with E-state index in [0.29, 0.717) is 35.4 Å². The number of carbonyl (C=O) groups is 1.